The minimum atomic E-state index is -1.16. The first kappa shape index (κ1) is 11.5. The van der Waals surface area contributed by atoms with Gasteiger partial charge < -0.3 is 0 Å². The maximum absolute atomic E-state index is 12.2. The molecule has 1 aliphatic carbocycles. The van der Waals surface area contributed by atoms with Crippen LogP contribution in [0.15, 0.2) is 29.2 Å². The predicted molar refractivity (Wildman–Crippen MR) is 64.9 cm³/mol. The number of aryl methyl sites for hydroxylation is 1. The van der Waals surface area contributed by atoms with Gasteiger partial charge in [0.05, 0.1) is 16.0 Å². The van der Waals surface area contributed by atoms with Crippen molar-refractivity contribution in [3.05, 3.63) is 29.8 Å². The van der Waals surface area contributed by atoms with E-state index in [2.05, 4.69) is 0 Å². The highest BCUT2D eigenvalue weighted by molar-refractivity contribution is 7.86. The second kappa shape index (κ2) is 4.91. The quantitative estimate of drug-likeness (QED) is 0.791. The van der Waals surface area contributed by atoms with E-state index in [0.717, 1.165) is 29.7 Å². The largest absolute Gasteiger partial charge is 0.298 e. The number of benzene rings is 1. The Bertz CT molecular complexity index is 408. The summed E-state index contributed by atoms with van der Waals surface area (Å²) >= 11 is 0. The van der Waals surface area contributed by atoms with E-state index in [1.807, 2.05) is 31.2 Å². The zero-order valence-electron chi connectivity index (χ0n) is 9.44. The van der Waals surface area contributed by atoms with Gasteiger partial charge in [0.2, 0.25) is 0 Å². The maximum atomic E-state index is 12.2. The van der Waals surface area contributed by atoms with Gasteiger partial charge in [0.1, 0.15) is 5.78 Å². The second-order valence-electron chi connectivity index (χ2n) is 4.31. The molecule has 2 nitrogen and oxygen atoms in total. The molecule has 16 heavy (non-hydrogen) atoms. The van der Waals surface area contributed by atoms with Crippen molar-refractivity contribution in [3.8, 4) is 0 Å². The number of rotatable bonds is 2. The summed E-state index contributed by atoms with van der Waals surface area (Å²) < 4.78 is 12.2. The van der Waals surface area contributed by atoms with Crippen molar-refractivity contribution in [1.82, 2.24) is 0 Å². The van der Waals surface area contributed by atoms with Gasteiger partial charge in [0, 0.05) is 11.3 Å². The third-order valence-electron chi connectivity index (χ3n) is 3.01. The zero-order chi connectivity index (χ0) is 11.5. The molecule has 0 aromatic heterocycles. The summed E-state index contributed by atoms with van der Waals surface area (Å²) in [6, 6.07) is 7.63. The zero-order valence-corrected chi connectivity index (χ0v) is 10.3. The van der Waals surface area contributed by atoms with Gasteiger partial charge in [-0.05, 0) is 31.9 Å². The lowest BCUT2D eigenvalue weighted by atomic mass is 9.99. The maximum Gasteiger partial charge on any atom is 0.148 e. The molecule has 2 rings (SSSR count). The highest BCUT2D eigenvalue weighted by atomic mass is 32.2. The summed E-state index contributed by atoms with van der Waals surface area (Å²) in [5.74, 6) is 0.171. The lowest BCUT2D eigenvalue weighted by Gasteiger charge is -2.19. The molecule has 0 aliphatic heterocycles. The second-order valence-corrected chi connectivity index (χ2v) is 5.95. The molecule has 1 aromatic rings. The third-order valence-corrected chi connectivity index (χ3v) is 4.76. The van der Waals surface area contributed by atoms with Crippen molar-refractivity contribution < 1.29 is 9.00 Å². The number of carbonyl (C=O) groups excluding carboxylic acids is 1. The number of hydrogen-bond donors (Lipinski definition) is 0. The first-order chi connectivity index (χ1) is 7.68. The molecule has 0 saturated heterocycles. The van der Waals surface area contributed by atoms with E-state index < -0.39 is 10.8 Å². The summed E-state index contributed by atoms with van der Waals surface area (Å²) in [5, 5.41) is -0.267. The van der Waals surface area contributed by atoms with Crippen molar-refractivity contribution in [3.63, 3.8) is 0 Å². The number of ketones is 1. The standard InChI is InChI=1S/C13H16O2S/c1-10-6-8-11(9-7-10)16(15)13-5-3-2-4-12(13)14/h6-9,13H,2-5H2,1H3/t13-,16-/m0/s1. The van der Waals surface area contributed by atoms with E-state index >= 15 is 0 Å². The molecule has 3 heteroatoms. The third kappa shape index (κ3) is 2.40. The lowest BCUT2D eigenvalue weighted by Crippen LogP contribution is -2.29. The number of Topliss-reactive ketones (excluding diaryl/α,β-unsaturated/α-hetero) is 1. The lowest BCUT2D eigenvalue weighted by molar-refractivity contribution is -0.119. The van der Waals surface area contributed by atoms with E-state index in [-0.39, 0.29) is 11.0 Å². The van der Waals surface area contributed by atoms with Crippen LogP contribution in [0.5, 0.6) is 0 Å². The van der Waals surface area contributed by atoms with Crippen LogP contribution in [0.2, 0.25) is 0 Å². The van der Waals surface area contributed by atoms with Crippen LogP contribution in [0.3, 0.4) is 0 Å². The summed E-state index contributed by atoms with van der Waals surface area (Å²) in [7, 11) is -1.16. The van der Waals surface area contributed by atoms with Gasteiger partial charge in [-0.15, -0.1) is 0 Å². The Morgan fingerprint density at radius 2 is 1.88 bits per heavy atom. The molecule has 0 amide bonds. The van der Waals surface area contributed by atoms with Crippen LogP contribution < -0.4 is 0 Å². The summed E-state index contributed by atoms with van der Waals surface area (Å²) in [6.45, 7) is 2.00. The van der Waals surface area contributed by atoms with Crippen molar-refractivity contribution in [2.45, 2.75) is 42.8 Å². The Balaban J connectivity index is 2.17. The number of hydrogen-bond acceptors (Lipinski definition) is 2. The van der Waals surface area contributed by atoms with Crippen LogP contribution in [0.4, 0.5) is 0 Å². The SMILES string of the molecule is Cc1ccc([S@](=O)[C@H]2CCCCC2=O)cc1. The van der Waals surface area contributed by atoms with E-state index in [1.54, 1.807) is 0 Å². The molecule has 0 spiro atoms. The van der Waals surface area contributed by atoms with Gasteiger partial charge in [0.25, 0.3) is 0 Å². The minimum absolute atomic E-state index is 0.171. The van der Waals surface area contributed by atoms with E-state index in [1.165, 1.54) is 0 Å². The Kier molecular flexibility index (Phi) is 3.54. The van der Waals surface area contributed by atoms with Crippen molar-refractivity contribution in [2.24, 2.45) is 0 Å². The molecular weight excluding hydrogens is 220 g/mol. The molecule has 86 valence electrons. The smallest absolute Gasteiger partial charge is 0.148 e. The summed E-state index contributed by atoms with van der Waals surface area (Å²) in [5.41, 5.74) is 1.15. The molecule has 1 saturated carbocycles. The van der Waals surface area contributed by atoms with Crippen LogP contribution in [-0.4, -0.2) is 15.2 Å². The molecule has 1 fully saturated rings. The average molecular weight is 236 g/mol. The van der Waals surface area contributed by atoms with Crippen LogP contribution >= 0.6 is 0 Å². The van der Waals surface area contributed by atoms with E-state index in [0.29, 0.717) is 6.42 Å². The summed E-state index contributed by atoms with van der Waals surface area (Å²) in [4.78, 5) is 12.5. The fourth-order valence-electron chi connectivity index (χ4n) is 2.01. The number of carbonyl (C=O) groups is 1. The average Bonchev–Trinajstić information content (AvgIpc) is 2.30. The van der Waals surface area contributed by atoms with Crippen LogP contribution in [0, 0.1) is 6.92 Å². The first-order valence-electron chi connectivity index (χ1n) is 5.68. The molecule has 0 N–H and O–H groups in total. The fourth-order valence-corrected chi connectivity index (χ4v) is 3.48. The van der Waals surface area contributed by atoms with Gasteiger partial charge in [-0.25, -0.2) is 0 Å². The highest BCUT2D eigenvalue weighted by Gasteiger charge is 2.28. The van der Waals surface area contributed by atoms with Crippen molar-refractivity contribution in [2.75, 3.05) is 0 Å². The predicted octanol–water partition coefficient (Wildman–Crippen LogP) is 2.61. The topological polar surface area (TPSA) is 34.1 Å². The van der Waals surface area contributed by atoms with Gasteiger partial charge in [-0.2, -0.15) is 0 Å². The van der Waals surface area contributed by atoms with E-state index in [9.17, 15) is 9.00 Å². The molecule has 0 heterocycles. The summed E-state index contributed by atoms with van der Waals surface area (Å²) in [6.07, 6.45) is 3.36. The Labute approximate surface area is 98.5 Å². The molecule has 0 bridgehead atoms. The molecule has 2 atom stereocenters. The van der Waals surface area contributed by atoms with Crippen molar-refractivity contribution in [1.29, 1.82) is 0 Å². The van der Waals surface area contributed by atoms with Gasteiger partial charge in [-0.3, -0.25) is 9.00 Å². The van der Waals surface area contributed by atoms with Crippen LogP contribution in [-0.2, 0) is 15.6 Å². The normalized spacial score (nSPS) is 23.1. The Morgan fingerprint density at radius 3 is 2.50 bits per heavy atom. The van der Waals surface area contributed by atoms with Gasteiger partial charge >= 0.3 is 0 Å². The molecular formula is C13H16O2S. The first-order valence-corrected chi connectivity index (χ1v) is 6.90. The Hall–Kier alpha value is -0.960. The Morgan fingerprint density at radius 1 is 1.19 bits per heavy atom. The molecule has 0 unspecified atom stereocenters. The molecule has 0 radical (unpaired) electrons. The molecule has 1 aromatic carbocycles. The van der Waals surface area contributed by atoms with Crippen LogP contribution in [0.1, 0.15) is 31.2 Å². The highest BCUT2D eigenvalue weighted by Crippen LogP contribution is 2.23. The monoisotopic (exact) mass is 236 g/mol. The van der Waals surface area contributed by atoms with E-state index in [4.69, 9.17) is 0 Å². The van der Waals surface area contributed by atoms with Crippen LogP contribution in [0.25, 0.3) is 0 Å². The van der Waals surface area contributed by atoms with Gasteiger partial charge in [0.15, 0.2) is 0 Å². The minimum Gasteiger partial charge on any atom is -0.298 e. The molecule has 1 aliphatic rings. The van der Waals surface area contributed by atoms with Crippen molar-refractivity contribution >= 4 is 16.6 Å². The van der Waals surface area contributed by atoms with Gasteiger partial charge in [-0.1, -0.05) is 24.1 Å². The fraction of sp³-hybridized carbons (Fsp3) is 0.462.